The monoisotopic (exact) mass is 334 g/mol. The molecule has 1 saturated carbocycles. The van der Waals surface area contributed by atoms with Crippen LogP contribution in [0.5, 0.6) is 11.5 Å². The van der Waals surface area contributed by atoms with Crippen molar-refractivity contribution in [3.8, 4) is 11.5 Å². The first kappa shape index (κ1) is 16.4. The normalized spacial score (nSPS) is 17.0. The van der Waals surface area contributed by atoms with Crippen LogP contribution < -0.4 is 20.1 Å². The van der Waals surface area contributed by atoms with Gasteiger partial charge in [-0.1, -0.05) is 6.07 Å². The van der Waals surface area contributed by atoms with Crippen molar-refractivity contribution in [2.75, 3.05) is 19.8 Å². The van der Waals surface area contributed by atoms with Crippen LogP contribution in [0.25, 0.3) is 0 Å². The molecule has 7 nitrogen and oxygen atoms in total. The molecule has 24 heavy (non-hydrogen) atoms. The number of carbonyl (C=O) groups excluding carboxylic acids is 1. The minimum absolute atomic E-state index is 0.0501. The zero-order chi connectivity index (χ0) is 16.9. The van der Waals surface area contributed by atoms with Gasteiger partial charge >= 0.3 is 12.0 Å². The van der Waals surface area contributed by atoms with Crippen LogP contribution in [0.15, 0.2) is 18.2 Å². The predicted molar refractivity (Wildman–Crippen MR) is 86.3 cm³/mol. The number of benzene rings is 1. The van der Waals surface area contributed by atoms with Gasteiger partial charge in [0.25, 0.3) is 0 Å². The zero-order valence-corrected chi connectivity index (χ0v) is 13.4. The van der Waals surface area contributed by atoms with E-state index in [1.54, 1.807) is 0 Å². The molecule has 0 bridgehead atoms. The third-order valence-electron chi connectivity index (χ3n) is 4.16. The van der Waals surface area contributed by atoms with E-state index in [1.807, 2.05) is 18.2 Å². The van der Waals surface area contributed by atoms with Gasteiger partial charge in [0.1, 0.15) is 13.2 Å². The maximum absolute atomic E-state index is 12.1. The third-order valence-corrected chi connectivity index (χ3v) is 4.16. The maximum atomic E-state index is 12.1. The molecule has 1 aromatic carbocycles. The number of aliphatic carboxylic acids is 1. The summed E-state index contributed by atoms with van der Waals surface area (Å²) in [4.78, 5) is 22.5. The van der Waals surface area contributed by atoms with Crippen LogP contribution in [-0.4, -0.2) is 36.9 Å². The summed E-state index contributed by atoms with van der Waals surface area (Å²) < 4.78 is 11.1. The summed E-state index contributed by atoms with van der Waals surface area (Å²) >= 11 is 0. The van der Waals surface area contributed by atoms with Crippen molar-refractivity contribution >= 4 is 12.0 Å². The number of fused-ring (bicyclic) bond motifs is 1. The smallest absolute Gasteiger partial charge is 0.315 e. The Labute approximate surface area is 140 Å². The van der Waals surface area contributed by atoms with Crippen molar-refractivity contribution in [2.24, 2.45) is 5.92 Å². The Hall–Kier alpha value is -2.44. The molecular weight excluding hydrogens is 312 g/mol. The summed E-state index contributed by atoms with van der Waals surface area (Å²) in [6.07, 6.45) is 2.63. The number of ether oxygens (including phenoxy) is 2. The second kappa shape index (κ2) is 7.42. The van der Waals surface area contributed by atoms with Crippen LogP contribution in [-0.2, 0) is 4.79 Å². The van der Waals surface area contributed by atoms with Crippen LogP contribution in [0.1, 0.15) is 37.3 Å². The lowest BCUT2D eigenvalue weighted by Gasteiger charge is -2.23. The van der Waals surface area contributed by atoms with Gasteiger partial charge in [0.15, 0.2) is 11.5 Å². The third kappa shape index (κ3) is 4.31. The molecule has 0 saturated heterocycles. The molecule has 1 unspecified atom stereocenters. The Bertz CT molecular complexity index is 615. The average molecular weight is 334 g/mol. The molecule has 3 N–H and O–H groups in total. The van der Waals surface area contributed by atoms with Crippen LogP contribution in [0.2, 0.25) is 0 Å². The van der Waals surface area contributed by atoms with E-state index >= 15 is 0 Å². The molecular formula is C17H22N2O5. The van der Waals surface area contributed by atoms with E-state index in [2.05, 4.69) is 10.6 Å². The molecule has 1 aromatic rings. The largest absolute Gasteiger partial charge is 0.486 e. The highest BCUT2D eigenvalue weighted by molar-refractivity contribution is 5.74. The highest BCUT2D eigenvalue weighted by Crippen LogP contribution is 2.43. The Kier molecular flexibility index (Phi) is 5.08. The first-order valence-electron chi connectivity index (χ1n) is 8.29. The van der Waals surface area contributed by atoms with Crippen molar-refractivity contribution in [2.45, 2.75) is 31.7 Å². The Morgan fingerprint density at radius 1 is 1.21 bits per heavy atom. The number of carboxylic acid groups (broad SMARTS) is 1. The van der Waals surface area contributed by atoms with Gasteiger partial charge in [-0.3, -0.25) is 4.79 Å². The highest BCUT2D eigenvalue weighted by atomic mass is 16.6. The number of carbonyl (C=O) groups is 2. The Morgan fingerprint density at radius 3 is 2.67 bits per heavy atom. The summed E-state index contributed by atoms with van der Waals surface area (Å²) in [6, 6.07) is 5.43. The number of nitrogens with one attached hydrogen (secondary N) is 2. The van der Waals surface area contributed by atoms with Gasteiger partial charge in [-0.2, -0.15) is 0 Å². The Morgan fingerprint density at radius 2 is 1.96 bits per heavy atom. The zero-order valence-electron chi connectivity index (χ0n) is 13.4. The first-order chi connectivity index (χ1) is 11.6. The maximum Gasteiger partial charge on any atom is 0.315 e. The molecule has 3 rings (SSSR count). The number of hydrogen-bond acceptors (Lipinski definition) is 4. The van der Waals surface area contributed by atoms with Gasteiger partial charge in [0, 0.05) is 13.0 Å². The fraction of sp³-hybridized carbons (Fsp3) is 0.529. The molecule has 7 heteroatoms. The summed E-state index contributed by atoms with van der Waals surface area (Å²) in [5.41, 5.74) is 1.00. The number of hydrogen-bond donors (Lipinski definition) is 3. The lowest BCUT2D eigenvalue weighted by molar-refractivity contribution is -0.137. The van der Waals surface area contributed by atoms with E-state index in [9.17, 15) is 9.59 Å². The molecule has 0 radical (unpaired) electrons. The first-order valence-corrected chi connectivity index (χ1v) is 8.29. The molecule has 1 atom stereocenters. The second-order valence-corrected chi connectivity index (χ2v) is 6.12. The van der Waals surface area contributed by atoms with E-state index in [4.69, 9.17) is 14.6 Å². The molecule has 0 spiro atoms. The van der Waals surface area contributed by atoms with Crippen molar-refractivity contribution < 1.29 is 24.2 Å². The van der Waals surface area contributed by atoms with Gasteiger partial charge in [0.05, 0.1) is 6.04 Å². The lowest BCUT2D eigenvalue weighted by Crippen LogP contribution is -2.39. The summed E-state index contributed by atoms with van der Waals surface area (Å²) in [6.45, 7) is 1.42. The molecule has 1 heterocycles. The number of rotatable bonds is 7. The van der Waals surface area contributed by atoms with Crippen molar-refractivity contribution in [3.63, 3.8) is 0 Å². The van der Waals surface area contributed by atoms with Gasteiger partial charge in [0.2, 0.25) is 0 Å². The lowest BCUT2D eigenvalue weighted by atomic mass is 10.0. The van der Waals surface area contributed by atoms with Crippen LogP contribution in [0.4, 0.5) is 4.79 Å². The quantitative estimate of drug-likeness (QED) is 0.663. The summed E-state index contributed by atoms with van der Waals surface area (Å²) in [5.74, 6) is 1.02. The second-order valence-electron chi connectivity index (χ2n) is 6.12. The van der Waals surface area contributed by atoms with Crippen molar-refractivity contribution in [1.29, 1.82) is 0 Å². The van der Waals surface area contributed by atoms with Crippen LogP contribution >= 0.6 is 0 Å². The van der Waals surface area contributed by atoms with E-state index in [0.29, 0.717) is 37.8 Å². The van der Waals surface area contributed by atoms with E-state index in [0.717, 1.165) is 24.2 Å². The van der Waals surface area contributed by atoms with Gasteiger partial charge in [-0.05, 0) is 42.9 Å². The minimum Gasteiger partial charge on any atom is -0.486 e. The average Bonchev–Trinajstić information content (AvgIpc) is 3.41. The van der Waals surface area contributed by atoms with Crippen LogP contribution in [0.3, 0.4) is 0 Å². The minimum atomic E-state index is -0.857. The highest BCUT2D eigenvalue weighted by Gasteiger charge is 2.34. The standard InChI is InChI=1S/C17H22N2O5/c20-15(21)2-1-7-18-17(22)19-16(11-3-4-11)12-5-6-13-14(10-12)24-9-8-23-13/h5-6,10-11,16H,1-4,7-9H2,(H,20,21)(H2,18,19,22). The number of carboxylic acids is 1. The SMILES string of the molecule is O=C(O)CCCNC(=O)NC(c1ccc2c(c1)OCCO2)C1CC1. The molecule has 0 aromatic heterocycles. The fourth-order valence-corrected chi connectivity index (χ4v) is 2.79. The van der Waals surface area contributed by atoms with E-state index < -0.39 is 5.97 Å². The van der Waals surface area contributed by atoms with Gasteiger partial charge in [-0.15, -0.1) is 0 Å². The predicted octanol–water partition coefficient (Wildman–Crippen LogP) is 2.07. The summed E-state index contributed by atoms with van der Waals surface area (Å²) in [7, 11) is 0. The molecule has 130 valence electrons. The fourth-order valence-electron chi connectivity index (χ4n) is 2.79. The van der Waals surface area contributed by atoms with Gasteiger partial charge in [-0.25, -0.2) is 4.79 Å². The number of amides is 2. The van der Waals surface area contributed by atoms with Crippen LogP contribution in [0, 0.1) is 5.92 Å². The van der Waals surface area contributed by atoms with Gasteiger partial charge < -0.3 is 25.2 Å². The molecule has 2 amide bonds. The Balaban J connectivity index is 1.59. The van der Waals surface area contributed by atoms with Crippen molar-refractivity contribution in [1.82, 2.24) is 10.6 Å². The summed E-state index contributed by atoms with van der Waals surface area (Å²) in [5, 5.41) is 14.3. The molecule has 1 aliphatic heterocycles. The molecule has 1 aliphatic carbocycles. The number of urea groups is 1. The molecule has 1 fully saturated rings. The van der Waals surface area contributed by atoms with Crippen molar-refractivity contribution in [3.05, 3.63) is 23.8 Å². The molecule has 2 aliphatic rings. The van der Waals surface area contributed by atoms with E-state index in [-0.39, 0.29) is 18.5 Å². The topological polar surface area (TPSA) is 96.9 Å². The van der Waals surface area contributed by atoms with E-state index in [1.165, 1.54) is 0 Å².